The van der Waals surface area contributed by atoms with E-state index in [0.29, 0.717) is 5.41 Å². The highest BCUT2D eigenvalue weighted by atomic mass is 14.9. The summed E-state index contributed by atoms with van der Waals surface area (Å²) in [6, 6.07) is 6.64. The van der Waals surface area contributed by atoms with Crippen molar-refractivity contribution >= 4 is 5.69 Å². The standard InChI is InChI=1S/C15H24N2/c1-12-5-6-14(9-13(12)2)17-11-15(10-16-3)7-4-8-15/h5-6,9,16-17H,4,7-8,10-11H2,1-3H3. The largest absolute Gasteiger partial charge is 0.384 e. The summed E-state index contributed by atoms with van der Waals surface area (Å²) in [5, 5.41) is 6.93. The Balaban J connectivity index is 1.94. The first-order valence-electron chi connectivity index (χ1n) is 6.61. The number of benzene rings is 1. The van der Waals surface area contributed by atoms with Crippen molar-refractivity contribution in [1.82, 2.24) is 5.32 Å². The average molecular weight is 232 g/mol. The van der Waals surface area contributed by atoms with Crippen molar-refractivity contribution < 1.29 is 0 Å². The molecule has 0 radical (unpaired) electrons. The molecule has 0 heterocycles. The second-order valence-electron chi connectivity index (χ2n) is 5.54. The van der Waals surface area contributed by atoms with Gasteiger partial charge < -0.3 is 10.6 Å². The molecule has 0 spiro atoms. The van der Waals surface area contributed by atoms with Gasteiger partial charge in [-0.2, -0.15) is 0 Å². The fourth-order valence-corrected chi connectivity index (χ4v) is 2.61. The van der Waals surface area contributed by atoms with Crippen LogP contribution in [0.15, 0.2) is 18.2 Å². The molecule has 2 heteroatoms. The molecule has 2 N–H and O–H groups in total. The molecule has 0 bridgehead atoms. The molecule has 1 fully saturated rings. The van der Waals surface area contributed by atoms with Crippen LogP contribution in [-0.4, -0.2) is 20.1 Å². The zero-order valence-corrected chi connectivity index (χ0v) is 11.3. The van der Waals surface area contributed by atoms with Crippen LogP contribution in [0.25, 0.3) is 0 Å². The van der Waals surface area contributed by atoms with Crippen molar-refractivity contribution in [1.29, 1.82) is 0 Å². The van der Waals surface area contributed by atoms with E-state index < -0.39 is 0 Å². The Morgan fingerprint density at radius 3 is 2.41 bits per heavy atom. The maximum atomic E-state index is 3.60. The zero-order valence-electron chi connectivity index (χ0n) is 11.3. The van der Waals surface area contributed by atoms with Crippen molar-refractivity contribution in [2.24, 2.45) is 5.41 Å². The number of rotatable bonds is 5. The monoisotopic (exact) mass is 232 g/mol. The minimum Gasteiger partial charge on any atom is -0.384 e. The molecule has 1 aliphatic rings. The van der Waals surface area contributed by atoms with E-state index in [4.69, 9.17) is 0 Å². The van der Waals surface area contributed by atoms with Crippen LogP contribution in [0.2, 0.25) is 0 Å². The summed E-state index contributed by atoms with van der Waals surface area (Å²) in [4.78, 5) is 0. The highest BCUT2D eigenvalue weighted by Crippen LogP contribution is 2.40. The van der Waals surface area contributed by atoms with Crippen LogP contribution in [0.5, 0.6) is 0 Å². The molecule has 94 valence electrons. The Morgan fingerprint density at radius 2 is 1.88 bits per heavy atom. The molecule has 0 unspecified atom stereocenters. The lowest BCUT2D eigenvalue weighted by Crippen LogP contribution is -2.44. The normalized spacial score (nSPS) is 17.6. The van der Waals surface area contributed by atoms with Crippen LogP contribution in [0.1, 0.15) is 30.4 Å². The van der Waals surface area contributed by atoms with Crippen LogP contribution in [-0.2, 0) is 0 Å². The van der Waals surface area contributed by atoms with E-state index in [-0.39, 0.29) is 0 Å². The van der Waals surface area contributed by atoms with E-state index in [9.17, 15) is 0 Å². The van der Waals surface area contributed by atoms with Crippen molar-refractivity contribution in [3.05, 3.63) is 29.3 Å². The Kier molecular flexibility index (Phi) is 3.72. The van der Waals surface area contributed by atoms with Crippen LogP contribution >= 0.6 is 0 Å². The topological polar surface area (TPSA) is 24.1 Å². The van der Waals surface area contributed by atoms with E-state index in [0.717, 1.165) is 13.1 Å². The van der Waals surface area contributed by atoms with E-state index >= 15 is 0 Å². The Bertz CT molecular complexity index is 381. The molecule has 17 heavy (non-hydrogen) atoms. The molecular weight excluding hydrogens is 208 g/mol. The first-order chi connectivity index (χ1) is 8.15. The Labute approximate surface area is 105 Å². The third kappa shape index (κ3) is 2.81. The molecule has 2 rings (SSSR count). The molecule has 2 nitrogen and oxygen atoms in total. The third-order valence-electron chi connectivity index (χ3n) is 4.14. The van der Waals surface area contributed by atoms with Crippen molar-refractivity contribution in [3.63, 3.8) is 0 Å². The first kappa shape index (κ1) is 12.4. The zero-order chi connectivity index (χ0) is 12.3. The van der Waals surface area contributed by atoms with Crippen molar-refractivity contribution in [2.75, 3.05) is 25.5 Å². The fraction of sp³-hybridized carbons (Fsp3) is 0.600. The first-order valence-corrected chi connectivity index (χ1v) is 6.61. The molecule has 1 aromatic carbocycles. The average Bonchev–Trinajstić information content (AvgIpc) is 2.26. The maximum absolute atomic E-state index is 3.60. The second kappa shape index (κ2) is 5.09. The van der Waals surface area contributed by atoms with Gasteiger partial charge in [0.1, 0.15) is 0 Å². The van der Waals surface area contributed by atoms with Gasteiger partial charge in [-0.25, -0.2) is 0 Å². The van der Waals surface area contributed by atoms with Crippen LogP contribution in [0.3, 0.4) is 0 Å². The van der Waals surface area contributed by atoms with Gasteiger partial charge in [-0.05, 0) is 57.0 Å². The smallest absolute Gasteiger partial charge is 0.0343 e. The molecule has 0 saturated heterocycles. The quantitative estimate of drug-likeness (QED) is 0.815. The summed E-state index contributed by atoms with van der Waals surface area (Å²) in [6.07, 6.45) is 4.09. The molecule has 1 saturated carbocycles. The number of aryl methyl sites for hydroxylation is 2. The lowest BCUT2D eigenvalue weighted by atomic mass is 9.68. The van der Waals surface area contributed by atoms with E-state index in [1.54, 1.807) is 0 Å². The van der Waals surface area contributed by atoms with Crippen molar-refractivity contribution in [3.8, 4) is 0 Å². The van der Waals surface area contributed by atoms with Gasteiger partial charge in [0.05, 0.1) is 0 Å². The van der Waals surface area contributed by atoms with E-state index in [1.807, 2.05) is 0 Å². The van der Waals surface area contributed by atoms with Crippen LogP contribution < -0.4 is 10.6 Å². The minimum absolute atomic E-state index is 0.494. The van der Waals surface area contributed by atoms with Gasteiger partial charge in [-0.1, -0.05) is 12.5 Å². The van der Waals surface area contributed by atoms with Gasteiger partial charge in [0.2, 0.25) is 0 Å². The predicted octanol–water partition coefficient (Wildman–Crippen LogP) is 3.11. The van der Waals surface area contributed by atoms with Gasteiger partial charge in [-0.3, -0.25) is 0 Å². The summed E-state index contributed by atoms with van der Waals surface area (Å²) < 4.78 is 0. The summed E-state index contributed by atoms with van der Waals surface area (Å²) in [7, 11) is 2.05. The second-order valence-corrected chi connectivity index (χ2v) is 5.54. The van der Waals surface area contributed by atoms with Gasteiger partial charge in [0.25, 0.3) is 0 Å². The van der Waals surface area contributed by atoms with Crippen molar-refractivity contribution in [2.45, 2.75) is 33.1 Å². The maximum Gasteiger partial charge on any atom is 0.0343 e. The summed E-state index contributed by atoms with van der Waals surface area (Å²) in [5.74, 6) is 0. The highest BCUT2D eigenvalue weighted by Gasteiger charge is 2.35. The predicted molar refractivity (Wildman–Crippen MR) is 74.6 cm³/mol. The third-order valence-corrected chi connectivity index (χ3v) is 4.14. The number of nitrogens with one attached hydrogen (secondary N) is 2. The van der Waals surface area contributed by atoms with E-state index in [2.05, 4.69) is 49.7 Å². The molecule has 0 aliphatic heterocycles. The van der Waals surface area contributed by atoms with E-state index in [1.165, 1.54) is 36.1 Å². The summed E-state index contributed by atoms with van der Waals surface area (Å²) in [5.41, 5.74) is 4.49. The van der Waals surface area contributed by atoms with Gasteiger partial charge >= 0.3 is 0 Å². The number of hydrogen-bond donors (Lipinski definition) is 2. The van der Waals surface area contributed by atoms with Gasteiger partial charge in [0, 0.05) is 24.2 Å². The summed E-state index contributed by atoms with van der Waals surface area (Å²) >= 11 is 0. The van der Waals surface area contributed by atoms with Crippen LogP contribution in [0, 0.1) is 19.3 Å². The Morgan fingerprint density at radius 1 is 1.12 bits per heavy atom. The molecule has 0 amide bonds. The highest BCUT2D eigenvalue weighted by molar-refractivity contribution is 5.48. The lowest BCUT2D eigenvalue weighted by Gasteiger charge is -2.42. The molecular formula is C15H24N2. The van der Waals surface area contributed by atoms with Gasteiger partial charge in [0.15, 0.2) is 0 Å². The molecule has 0 atom stereocenters. The minimum atomic E-state index is 0.494. The number of anilines is 1. The number of hydrogen-bond acceptors (Lipinski definition) is 2. The van der Waals surface area contributed by atoms with Crippen LogP contribution in [0.4, 0.5) is 5.69 Å². The Hall–Kier alpha value is -1.02. The fourth-order valence-electron chi connectivity index (χ4n) is 2.61. The molecule has 1 aromatic rings. The molecule has 1 aliphatic carbocycles. The SMILES string of the molecule is CNCC1(CNc2ccc(C)c(C)c2)CCC1. The van der Waals surface area contributed by atoms with Gasteiger partial charge in [-0.15, -0.1) is 0 Å². The summed E-state index contributed by atoms with van der Waals surface area (Å²) in [6.45, 7) is 6.56. The lowest BCUT2D eigenvalue weighted by molar-refractivity contribution is 0.151. The molecule has 0 aromatic heterocycles.